The molecule has 64 valence electrons. The summed E-state index contributed by atoms with van der Waals surface area (Å²) in [6.45, 7) is 8.71. The van der Waals surface area contributed by atoms with Crippen molar-refractivity contribution in [1.29, 1.82) is 0 Å². The quantitative estimate of drug-likeness (QED) is 0.610. The summed E-state index contributed by atoms with van der Waals surface area (Å²) < 4.78 is 5.42. The summed E-state index contributed by atoms with van der Waals surface area (Å²) in [5, 5.41) is 0. The summed E-state index contributed by atoms with van der Waals surface area (Å²) in [6.07, 6.45) is 1.46. The molecular weight excluding hydrogens is 138 g/mol. The highest BCUT2D eigenvalue weighted by molar-refractivity contribution is 5.03. The van der Waals surface area contributed by atoms with Gasteiger partial charge in [-0.15, -0.1) is 0 Å². The molecule has 0 aromatic heterocycles. The minimum atomic E-state index is 0.125. The molecule has 0 aromatic rings. The van der Waals surface area contributed by atoms with Crippen LogP contribution in [-0.4, -0.2) is 18.8 Å². The molecule has 0 saturated carbocycles. The lowest BCUT2D eigenvalue weighted by atomic mass is 9.93. The molecule has 2 heteroatoms. The van der Waals surface area contributed by atoms with Crippen molar-refractivity contribution in [2.24, 2.45) is 11.7 Å². The standard InChI is InChI=1S/C9H17NO/c1-6(2)9(10)8-4-7(3)11-5-8/h7-9H,1,4-5,10H2,2-3H3. The van der Waals surface area contributed by atoms with Crippen LogP contribution in [0.4, 0.5) is 0 Å². The summed E-state index contributed by atoms with van der Waals surface area (Å²) >= 11 is 0. The van der Waals surface area contributed by atoms with E-state index in [2.05, 4.69) is 13.5 Å². The van der Waals surface area contributed by atoms with Gasteiger partial charge >= 0.3 is 0 Å². The molecule has 1 heterocycles. The average molecular weight is 155 g/mol. The number of nitrogens with two attached hydrogens (primary N) is 1. The van der Waals surface area contributed by atoms with Gasteiger partial charge in [-0.25, -0.2) is 0 Å². The number of hydrogen-bond acceptors (Lipinski definition) is 2. The maximum Gasteiger partial charge on any atom is 0.0551 e. The first-order valence-electron chi connectivity index (χ1n) is 4.14. The van der Waals surface area contributed by atoms with Crippen LogP contribution < -0.4 is 5.73 Å². The van der Waals surface area contributed by atoms with Crippen LogP contribution >= 0.6 is 0 Å². The summed E-state index contributed by atoms with van der Waals surface area (Å²) in [6, 6.07) is 0.125. The molecule has 11 heavy (non-hydrogen) atoms. The predicted octanol–water partition coefficient (Wildman–Crippen LogP) is 1.31. The minimum absolute atomic E-state index is 0.125. The number of ether oxygens (including phenoxy) is 1. The largest absolute Gasteiger partial charge is 0.378 e. The first-order chi connectivity index (χ1) is 5.11. The summed E-state index contributed by atoms with van der Waals surface area (Å²) in [4.78, 5) is 0. The fourth-order valence-corrected chi connectivity index (χ4v) is 1.50. The first-order valence-corrected chi connectivity index (χ1v) is 4.14. The molecule has 0 radical (unpaired) electrons. The van der Waals surface area contributed by atoms with Gasteiger partial charge in [-0.2, -0.15) is 0 Å². The normalized spacial score (nSPS) is 33.7. The highest BCUT2D eigenvalue weighted by Crippen LogP contribution is 2.23. The van der Waals surface area contributed by atoms with Crippen molar-refractivity contribution in [2.75, 3.05) is 6.61 Å². The monoisotopic (exact) mass is 155 g/mol. The molecule has 1 fully saturated rings. The van der Waals surface area contributed by atoms with Crippen LogP contribution in [0.1, 0.15) is 20.3 Å². The summed E-state index contributed by atoms with van der Waals surface area (Å²) in [7, 11) is 0. The van der Waals surface area contributed by atoms with Gasteiger partial charge in [0, 0.05) is 12.0 Å². The van der Waals surface area contributed by atoms with Gasteiger partial charge in [-0.05, 0) is 20.3 Å². The van der Waals surface area contributed by atoms with E-state index < -0.39 is 0 Å². The molecule has 1 saturated heterocycles. The van der Waals surface area contributed by atoms with Crippen molar-refractivity contribution in [1.82, 2.24) is 0 Å². The highest BCUT2D eigenvalue weighted by atomic mass is 16.5. The lowest BCUT2D eigenvalue weighted by Crippen LogP contribution is -2.31. The van der Waals surface area contributed by atoms with Gasteiger partial charge in [0.1, 0.15) is 0 Å². The van der Waals surface area contributed by atoms with E-state index >= 15 is 0 Å². The van der Waals surface area contributed by atoms with Crippen LogP contribution in [0, 0.1) is 5.92 Å². The Morgan fingerprint density at radius 1 is 1.73 bits per heavy atom. The molecule has 3 atom stereocenters. The van der Waals surface area contributed by atoms with Crippen LogP contribution in [0.5, 0.6) is 0 Å². The van der Waals surface area contributed by atoms with Crippen molar-refractivity contribution in [3.05, 3.63) is 12.2 Å². The van der Waals surface area contributed by atoms with E-state index in [1.54, 1.807) is 0 Å². The Kier molecular flexibility index (Phi) is 2.68. The van der Waals surface area contributed by atoms with Gasteiger partial charge in [0.15, 0.2) is 0 Å². The van der Waals surface area contributed by atoms with Crippen molar-refractivity contribution < 1.29 is 4.74 Å². The first kappa shape index (κ1) is 8.75. The number of hydrogen-bond donors (Lipinski definition) is 1. The molecule has 1 aliphatic heterocycles. The van der Waals surface area contributed by atoms with Gasteiger partial charge < -0.3 is 10.5 Å². The molecule has 0 bridgehead atoms. The van der Waals surface area contributed by atoms with Gasteiger partial charge in [-0.3, -0.25) is 0 Å². The van der Waals surface area contributed by atoms with Crippen LogP contribution in [0.3, 0.4) is 0 Å². The average Bonchev–Trinajstić information content (AvgIpc) is 2.34. The molecule has 0 amide bonds. The molecular formula is C9H17NO. The van der Waals surface area contributed by atoms with Crippen LogP contribution in [0.15, 0.2) is 12.2 Å². The lowest BCUT2D eigenvalue weighted by Gasteiger charge is -2.17. The second-order valence-corrected chi connectivity index (χ2v) is 3.51. The van der Waals surface area contributed by atoms with Crippen molar-refractivity contribution >= 4 is 0 Å². The molecule has 0 aromatic carbocycles. The van der Waals surface area contributed by atoms with Gasteiger partial charge in [0.05, 0.1) is 12.7 Å². The second-order valence-electron chi connectivity index (χ2n) is 3.51. The Hall–Kier alpha value is -0.340. The maximum absolute atomic E-state index is 5.90. The Labute approximate surface area is 68.4 Å². The van der Waals surface area contributed by atoms with Crippen LogP contribution in [0.25, 0.3) is 0 Å². The smallest absolute Gasteiger partial charge is 0.0551 e. The third-order valence-electron chi connectivity index (χ3n) is 2.31. The van der Waals surface area contributed by atoms with Gasteiger partial charge in [0.2, 0.25) is 0 Å². The van der Waals surface area contributed by atoms with Crippen molar-refractivity contribution in [2.45, 2.75) is 32.4 Å². The third kappa shape index (κ3) is 2.04. The molecule has 1 aliphatic rings. The molecule has 2 N–H and O–H groups in total. The van der Waals surface area contributed by atoms with E-state index in [-0.39, 0.29) is 6.04 Å². The van der Waals surface area contributed by atoms with Crippen molar-refractivity contribution in [3.8, 4) is 0 Å². The SMILES string of the molecule is C=C(C)C(N)C1COC(C)C1. The minimum Gasteiger partial charge on any atom is -0.378 e. The topological polar surface area (TPSA) is 35.2 Å². The van der Waals surface area contributed by atoms with Gasteiger partial charge in [-0.1, -0.05) is 12.2 Å². The molecule has 1 rings (SSSR count). The van der Waals surface area contributed by atoms with E-state index in [1.807, 2.05) is 6.92 Å². The van der Waals surface area contributed by atoms with E-state index in [1.165, 1.54) is 0 Å². The Morgan fingerprint density at radius 2 is 2.36 bits per heavy atom. The zero-order valence-corrected chi connectivity index (χ0v) is 7.34. The molecule has 2 nitrogen and oxygen atoms in total. The Bertz CT molecular complexity index is 156. The summed E-state index contributed by atoms with van der Waals surface area (Å²) in [5.74, 6) is 0.488. The zero-order valence-electron chi connectivity index (χ0n) is 7.34. The van der Waals surface area contributed by atoms with Crippen LogP contribution in [-0.2, 0) is 4.74 Å². The molecule has 0 spiro atoms. The Balaban J connectivity index is 2.43. The van der Waals surface area contributed by atoms with Gasteiger partial charge in [0.25, 0.3) is 0 Å². The van der Waals surface area contributed by atoms with E-state index in [0.717, 1.165) is 18.6 Å². The predicted molar refractivity (Wildman–Crippen MR) is 46.3 cm³/mol. The molecule has 3 unspecified atom stereocenters. The fourth-order valence-electron chi connectivity index (χ4n) is 1.50. The van der Waals surface area contributed by atoms with Crippen LogP contribution in [0.2, 0.25) is 0 Å². The van der Waals surface area contributed by atoms with Crippen molar-refractivity contribution in [3.63, 3.8) is 0 Å². The Morgan fingerprint density at radius 3 is 2.73 bits per heavy atom. The lowest BCUT2D eigenvalue weighted by molar-refractivity contribution is 0.119. The maximum atomic E-state index is 5.90. The fraction of sp³-hybridized carbons (Fsp3) is 0.778. The van der Waals surface area contributed by atoms with E-state index in [9.17, 15) is 0 Å². The third-order valence-corrected chi connectivity index (χ3v) is 2.31. The molecule has 0 aliphatic carbocycles. The zero-order chi connectivity index (χ0) is 8.43. The second kappa shape index (κ2) is 3.37. The summed E-state index contributed by atoms with van der Waals surface area (Å²) in [5.41, 5.74) is 6.97. The highest BCUT2D eigenvalue weighted by Gasteiger charge is 2.27. The van der Waals surface area contributed by atoms with E-state index in [4.69, 9.17) is 10.5 Å². The number of rotatable bonds is 2. The van der Waals surface area contributed by atoms with E-state index in [0.29, 0.717) is 12.0 Å².